The molecule has 0 aromatic carbocycles. The summed E-state index contributed by atoms with van der Waals surface area (Å²) in [4.78, 5) is 2.19. The number of hydrogen-bond acceptors (Lipinski definition) is 5. The third-order valence-corrected chi connectivity index (χ3v) is 4.00. The molecule has 1 fully saturated rings. The van der Waals surface area contributed by atoms with E-state index in [4.69, 9.17) is 21.6 Å². The van der Waals surface area contributed by atoms with Gasteiger partial charge in [0.05, 0.1) is 12.6 Å². The molecule has 0 N–H and O–H groups in total. The summed E-state index contributed by atoms with van der Waals surface area (Å²) in [6.45, 7) is 1.63. The average molecular weight is 258 g/mol. The van der Waals surface area contributed by atoms with Gasteiger partial charge >= 0.3 is 0 Å². The van der Waals surface area contributed by atoms with Crippen LogP contribution < -0.4 is 4.90 Å². The molecule has 0 radical (unpaired) electrons. The van der Waals surface area contributed by atoms with E-state index in [1.54, 1.807) is 7.11 Å². The summed E-state index contributed by atoms with van der Waals surface area (Å²) in [6, 6.07) is 2.46. The fraction of sp³-hybridized carbons (Fsp3) is 0.600. The molecule has 6 heteroatoms. The monoisotopic (exact) mass is 257 g/mol. The van der Waals surface area contributed by atoms with Crippen LogP contribution in [0.2, 0.25) is 5.15 Å². The number of nitrogens with zero attached hydrogens (tertiary/aromatic N) is 3. The molecule has 0 saturated carbocycles. The van der Waals surface area contributed by atoms with Crippen LogP contribution in [0.3, 0.4) is 0 Å². The van der Waals surface area contributed by atoms with Gasteiger partial charge < -0.3 is 9.64 Å². The Labute approximate surface area is 104 Å². The molecular formula is C10H12ClN3OS. The van der Waals surface area contributed by atoms with Crippen molar-refractivity contribution in [3.8, 4) is 6.07 Å². The average Bonchev–Trinajstić information content (AvgIpc) is 2.85. The zero-order valence-corrected chi connectivity index (χ0v) is 10.5. The summed E-state index contributed by atoms with van der Waals surface area (Å²) >= 11 is 7.16. The van der Waals surface area contributed by atoms with Gasteiger partial charge in [-0.2, -0.15) is 9.64 Å². The summed E-state index contributed by atoms with van der Waals surface area (Å²) in [5.41, 5.74) is 0.495. The van der Waals surface area contributed by atoms with E-state index in [2.05, 4.69) is 15.3 Å². The van der Waals surface area contributed by atoms with Crippen LogP contribution in [0.1, 0.15) is 18.4 Å². The second kappa shape index (κ2) is 5.00. The minimum absolute atomic E-state index is 0.311. The molecule has 4 nitrogen and oxygen atoms in total. The summed E-state index contributed by atoms with van der Waals surface area (Å²) in [5.74, 6) is 0. The first-order valence-electron chi connectivity index (χ1n) is 5.08. The first kappa shape index (κ1) is 11.6. The van der Waals surface area contributed by atoms with Crippen LogP contribution in [-0.2, 0) is 4.74 Å². The Morgan fingerprint density at radius 2 is 2.56 bits per heavy atom. The number of aromatic nitrogens is 1. The number of methoxy groups -OCH3 is 1. The second-order valence-electron chi connectivity index (χ2n) is 3.71. The summed E-state index contributed by atoms with van der Waals surface area (Å²) in [6.07, 6.45) is 2.21. The number of halogens is 1. The van der Waals surface area contributed by atoms with Gasteiger partial charge in [0, 0.05) is 13.7 Å². The van der Waals surface area contributed by atoms with Crippen LogP contribution in [-0.4, -0.2) is 30.7 Å². The fourth-order valence-corrected chi connectivity index (χ4v) is 3.15. The standard InChI is InChI=1S/C10H12ClN3OS/c1-15-6-7-3-2-4-14(7)10-8(5-12)9(11)13-16-10/h7H,2-4,6H2,1H3. The van der Waals surface area contributed by atoms with Crippen LogP contribution in [0.15, 0.2) is 0 Å². The highest BCUT2D eigenvalue weighted by molar-refractivity contribution is 7.10. The molecule has 1 aliphatic heterocycles. The van der Waals surface area contributed by atoms with Gasteiger partial charge in [-0.05, 0) is 24.4 Å². The van der Waals surface area contributed by atoms with Crippen molar-refractivity contribution >= 4 is 28.1 Å². The number of nitriles is 1. The van der Waals surface area contributed by atoms with Crippen molar-refractivity contribution in [3.63, 3.8) is 0 Å². The first-order valence-corrected chi connectivity index (χ1v) is 6.24. The van der Waals surface area contributed by atoms with Crippen LogP contribution in [0.4, 0.5) is 5.00 Å². The molecule has 16 heavy (non-hydrogen) atoms. The van der Waals surface area contributed by atoms with Gasteiger partial charge in [0.1, 0.15) is 16.6 Å². The topological polar surface area (TPSA) is 49.1 Å². The smallest absolute Gasteiger partial charge is 0.162 e. The molecule has 0 bridgehead atoms. The SMILES string of the molecule is COCC1CCCN1c1snc(Cl)c1C#N. The van der Waals surface area contributed by atoms with E-state index in [0.717, 1.165) is 24.4 Å². The van der Waals surface area contributed by atoms with Gasteiger partial charge in [0.15, 0.2) is 5.15 Å². The van der Waals surface area contributed by atoms with Crippen molar-refractivity contribution in [1.82, 2.24) is 4.37 Å². The van der Waals surface area contributed by atoms with E-state index in [-0.39, 0.29) is 0 Å². The molecule has 0 spiro atoms. The van der Waals surface area contributed by atoms with Crippen LogP contribution in [0.5, 0.6) is 0 Å². The van der Waals surface area contributed by atoms with Crippen LogP contribution in [0.25, 0.3) is 0 Å². The molecule has 86 valence electrons. The van der Waals surface area contributed by atoms with Gasteiger partial charge in [0.2, 0.25) is 0 Å². The Balaban J connectivity index is 2.26. The molecule has 0 aliphatic carbocycles. The van der Waals surface area contributed by atoms with E-state index >= 15 is 0 Å². The third-order valence-electron chi connectivity index (χ3n) is 2.74. The highest BCUT2D eigenvalue weighted by atomic mass is 35.5. The molecule has 1 aliphatic rings. The van der Waals surface area contributed by atoms with Crippen LogP contribution >= 0.6 is 23.1 Å². The Bertz CT molecular complexity index is 415. The van der Waals surface area contributed by atoms with E-state index in [0.29, 0.717) is 23.4 Å². The quantitative estimate of drug-likeness (QED) is 0.834. The number of rotatable bonds is 3. The second-order valence-corrected chi connectivity index (χ2v) is 4.82. The fourth-order valence-electron chi connectivity index (χ4n) is 2.02. The highest BCUT2D eigenvalue weighted by Crippen LogP contribution is 2.35. The first-order chi connectivity index (χ1) is 7.77. The van der Waals surface area contributed by atoms with E-state index in [1.807, 2.05) is 0 Å². The van der Waals surface area contributed by atoms with Gasteiger partial charge in [0.25, 0.3) is 0 Å². The lowest BCUT2D eigenvalue weighted by atomic mass is 10.2. The molecule has 1 aromatic heterocycles. The molecule has 0 amide bonds. The van der Waals surface area contributed by atoms with Crippen molar-refractivity contribution in [2.75, 3.05) is 25.2 Å². The Morgan fingerprint density at radius 3 is 3.25 bits per heavy atom. The zero-order chi connectivity index (χ0) is 11.5. The lowest BCUT2D eigenvalue weighted by molar-refractivity contribution is 0.181. The Morgan fingerprint density at radius 1 is 1.75 bits per heavy atom. The maximum Gasteiger partial charge on any atom is 0.162 e. The van der Waals surface area contributed by atoms with E-state index in [9.17, 15) is 0 Å². The number of anilines is 1. The maximum absolute atomic E-state index is 9.04. The van der Waals surface area contributed by atoms with Gasteiger partial charge in [-0.3, -0.25) is 0 Å². The lowest BCUT2D eigenvalue weighted by Gasteiger charge is -2.24. The summed E-state index contributed by atoms with van der Waals surface area (Å²) < 4.78 is 9.21. The normalized spacial score (nSPS) is 20.1. The highest BCUT2D eigenvalue weighted by Gasteiger charge is 2.29. The molecule has 1 unspecified atom stereocenters. The molecule has 1 atom stereocenters. The van der Waals surface area contributed by atoms with E-state index in [1.165, 1.54) is 11.5 Å². The van der Waals surface area contributed by atoms with Gasteiger partial charge in [-0.1, -0.05) is 11.6 Å². The third kappa shape index (κ3) is 2.01. The summed E-state index contributed by atoms with van der Waals surface area (Å²) in [5, 5.41) is 10.2. The van der Waals surface area contributed by atoms with Crippen molar-refractivity contribution in [3.05, 3.63) is 10.7 Å². The largest absolute Gasteiger partial charge is 0.383 e. The molecule has 2 heterocycles. The predicted octanol–water partition coefficient (Wildman–Crippen LogP) is 2.28. The van der Waals surface area contributed by atoms with Gasteiger partial charge in [-0.25, -0.2) is 0 Å². The van der Waals surface area contributed by atoms with Crippen molar-refractivity contribution in [1.29, 1.82) is 5.26 Å². The maximum atomic E-state index is 9.04. The minimum atomic E-state index is 0.311. The summed E-state index contributed by atoms with van der Waals surface area (Å²) in [7, 11) is 1.70. The molecular weight excluding hydrogens is 246 g/mol. The Kier molecular flexibility index (Phi) is 3.64. The van der Waals surface area contributed by atoms with Crippen molar-refractivity contribution < 1.29 is 4.74 Å². The van der Waals surface area contributed by atoms with Gasteiger partial charge in [-0.15, -0.1) is 0 Å². The molecule has 1 aromatic rings. The zero-order valence-electron chi connectivity index (χ0n) is 8.94. The van der Waals surface area contributed by atoms with Crippen LogP contribution in [0, 0.1) is 11.3 Å². The molecule has 2 rings (SSSR count). The minimum Gasteiger partial charge on any atom is -0.383 e. The molecule has 1 saturated heterocycles. The van der Waals surface area contributed by atoms with E-state index < -0.39 is 0 Å². The lowest BCUT2D eigenvalue weighted by Crippen LogP contribution is -2.32. The van der Waals surface area contributed by atoms with Crippen molar-refractivity contribution in [2.45, 2.75) is 18.9 Å². The Hall–Kier alpha value is -0.830. The number of hydrogen-bond donors (Lipinski definition) is 0. The number of ether oxygens (including phenoxy) is 1. The predicted molar refractivity (Wildman–Crippen MR) is 64.1 cm³/mol. The van der Waals surface area contributed by atoms with Crippen molar-refractivity contribution in [2.24, 2.45) is 0 Å².